The molecular weight excluding hydrogens is 222 g/mol. The van der Waals surface area contributed by atoms with Gasteiger partial charge in [0.1, 0.15) is 5.03 Å². The van der Waals surface area contributed by atoms with Crippen LogP contribution >= 0.6 is 11.8 Å². The normalized spacial score (nSPS) is 12.1. The number of amides is 1. The molecule has 16 heavy (non-hydrogen) atoms. The van der Waals surface area contributed by atoms with E-state index in [1.165, 1.54) is 11.8 Å². The van der Waals surface area contributed by atoms with Crippen LogP contribution < -0.4 is 5.32 Å². The van der Waals surface area contributed by atoms with Gasteiger partial charge in [-0.25, -0.2) is 4.98 Å². The topological polar surface area (TPSA) is 54.9 Å². The lowest BCUT2D eigenvalue weighted by Gasteiger charge is -2.10. The highest BCUT2D eigenvalue weighted by atomic mass is 32.2. The summed E-state index contributed by atoms with van der Waals surface area (Å²) in [6, 6.07) is 0. The average Bonchev–Trinajstić information content (AvgIpc) is 2.30. The lowest BCUT2D eigenvalue weighted by molar-refractivity contribution is -0.120. The van der Waals surface area contributed by atoms with Crippen molar-refractivity contribution in [2.75, 3.05) is 6.54 Å². The standard InChI is InChI=1S/C11H17N3OS/c1-3-4-5-14-11(15)9(2)16-10-8-12-6-7-13-10/h6-9H,3-5H2,1-2H3,(H,14,15). The van der Waals surface area contributed by atoms with Crippen molar-refractivity contribution in [3.05, 3.63) is 18.6 Å². The van der Waals surface area contributed by atoms with E-state index in [-0.39, 0.29) is 11.2 Å². The van der Waals surface area contributed by atoms with E-state index < -0.39 is 0 Å². The van der Waals surface area contributed by atoms with E-state index in [4.69, 9.17) is 0 Å². The van der Waals surface area contributed by atoms with Gasteiger partial charge in [0.2, 0.25) is 5.91 Å². The average molecular weight is 239 g/mol. The van der Waals surface area contributed by atoms with Crippen molar-refractivity contribution in [1.82, 2.24) is 15.3 Å². The molecule has 0 spiro atoms. The Balaban J connectivity index is 2.34. The Kier molecular flexibility index (Phi) is 5.85. The molecule has 1 aromatic rings. The first-order valence-corrected chi connectivity index (χ1v) is 6.32. The Bertz CT molecular complexity index is 318. The first-order valence-electron chi connectivity index (χ1n) is 5.44. The monoisotopic (exact) mass is 239 g/mol. The van der Waals surface area contributed by atoms with E-state index in [0.29, 0.717) is 0 Å². The van der Waals surface area contributed by atoms with E-state index in [1.807, 2.05) is 6.92 Å². The van der Waals surface area contributed by atoms with E-state index in [1.54, 1.807) is 18.6 Å². The Hall–Kier alpha value is -1.10. The van der Waals surface area contributed by atoms with Crippen LogP contribution in [0.2, 0.25) is 0 Å². The molecule has 5 heteroatoms. The van der Waals surface area contributed by atoms with Crippen LogP contribution in [-0.2, 0) is 4.79 Å². The fraction of sp³-hybridized carbons (Fsp3) is 0.545. The van der Waals surface area contributed by atoms with Gasteiger partial charge in [0.15, 0.2) is 0 Å². The summed E-state index contributed by atoms with van der Waals surface area (Å²) >= 11 is 1.42. The van der Waals surface area contributed by atoms with Crippen LogP contribution in [0.4, 0.5) is 0 Å². The zero-order valence-corrected chi connectivity index (χ0v) is 10.5. The molecular formula is C11H17N3OS. The molecule has 0 saturated carbocycles. The molecule has 1 atom stereocenters. The SMILES string of the molecule is CCCCNC(=O)C(C)Sc1cnccn1. The van der Waals surface area contributed by atoms with Gasteiger partial charge >= 0.3 is 0 Å². The van der Waals surface area contributed by atoms with Crippen molar-refractivity contribution in [2.24, 2.45) is 0 Å². The molecule has 0 radical (unpaired) electrons. The number of carbonyl (C=O) groups is 1. The van der Waals surface area contributed by atoms with Crippen LogP contribution in [0.15, 0.2) is 23.6 Å². The summed E-state index contributed by atoms with van der Waals surface area (Å²) in [6.07, 6.45) is 7.03. The number of nitrogens with one attached hydrogen (secondary N) is 1. The van der Waals surface area contributed by atoms with E-state index in [9.17, 15) is 4.79 Å². The maximum absolute atomic E-state index is 11.6. The van der Waals surface area contributed by atoms with Gasteiger partial charge in [0.25, 0.3) is 0 Å². The van der Waals surface area contributed by atoms with Crippen LogP contribution in [0.3, 0.4) is 0 Å². The van der Waals surface area contributed by atoms with Gasteiger partial charge in [0.05, 0.1) is 11.4 Å². The molecule has 1 heterocycles. The first kappa shape index (κ1) is 13.0. The van der Waals surface area contributed by atoms with Crippen molar-refractivity contribution in [2.45, 2.75) is 37.0 Å². The summed E-state index contributed by atoms with van der Waals surface area (Å²) < 4.78 is 0. The zero-order valence-electron chi connectivity index (χ0n) is 9.64. The number of hydrogen-bond acceptors (Lipinski definition) is 4. The highest BCUT2D eigenvalue weighted by Gasteiger charge is 2.14. The van der Waals surface area contributed by atoms with Crippen molar-refractivity contribution < 1.29 is 4.79 Å². The highest BCUT2D eigenvalue weighted by molar-refractivity contribution is 8.00. The molecule has 1 aromatic heterocycles. The van der Waals surface area contributed by atoms with Gasteiger partial charge in [-0.3, -0.25) is 9.78 Å². The summed E-state index contributed by atoms with van der Waals surface area (Å²) in [5.74, 6) is 0.0594. The molecule has 0 saturated heterocycles. The maximum atomic E-state index is 11.6. The zero-order chi connectivity index (χ0) is 11.8. The quantitative estimate of drug-likeness (QED) is 0.608. The second kappa shape index (κ2) is 7.22. The summed E-state index contributed by atoms with van der Waals surface area (Å²) in [7, 11) is 0. The number of thioether (sulfide) groups is 1. The molecule has 1 N–H and O–H groups in total. The van der Waals surface area contributed by atoms with E-state index in [2.05, 4.69) is 22.2 Å². The smallest absolute Gasteiger partial charge is 0.233 e. The molecule has 0 aromatic carbocycles. The number of carbonyl (C=O) groups excluding carboxylic acids is 1. The molecule has 88 valence electrons. The minimum absolute atomic E-state index is 0.0594. The molecule has 1 rings (SSSR count). The molecule has 4 nitrogen and oxygen atoms in total. The van der Waals surface area contributed by atoms with Crippen LogP contribution in [0.5, 0.6) is 0 Å². The molecule has 0 aliphatic carbocycles. The third kappa shape index (κ3) is 4.61. The summed E-state index contributed by atoms with van der Waals surface area (Å²) in [6.45, 7) is 4.73. The number of nitrogens with zero attached hydrogens (tertiary/aromatic N) is 2. The summed E-state index contributed by atoms with van der Waals surface area (Å²) in [5.41, 5.74) is 0. The highest BCUT2D eigenvalue weighted by Crippen LogP contribution is 2.19. The molecule has 0 aliphatic rings. The first-order chi connectivity index (χ1) is 7.74. The third-order valence-electron chi connectivity index (χ3n) is 2.04. The molecule has 1 amide bonds. The number of aromatic nitrogens is 2. The Morgan fingerprint density at radius 3 is 3.00 bits per heavy atom. The van der Waals surface area contributed by atoms with Gasteiger partial charge in [0, 0.05) is 18.9 Å². The molecule has 0 fully saturated rings. The Morgan fingerprint density at radius 2 is 2.38 bits per heavy atom. The van der Waals surface area contributed by atoms with E-state index >= 15 is 0 Å². The lowest BCUT2D eigenvalue weighted by atomic mass is 10.3. The van der Waals surface area contributed by atoms with Crippen molar-refractivity contribution >= 4 is 17.7 Å². The predicted octanol–water partition coefficient (Wildman–Crippen LogP) is 1.87. The van der Waals surface area contributed by atoms with Gasteiger partial charge in [-0.2, -0.15) is 0 Å². The van der Waals surface area contributed by atoms with Crippen molar-refractivity contribution in [3.63, 3.8) is 0 Å². The molecule has 1 unspecified atom stereocenters. The second-order valence-corrected chi connectivity index (χ2v) is 4.81. The van der Waals surface area contributed by atoms with E-state index in [0.717, 1.165) is 24.4 Å². The van der Waals surface area contributed by atoms with Gasteiger partial charge in [-0.1, -0.05) is 25.1 Å². The third-order valence-corrected chi connectivity index (χ3v) is 3.06. The fourth-order valence-corrected chi connectivity index (χ4v) is 1.91. The summed E-state index contributed by atoms with van der Waals surface area (Å²) in [4.78, 5) is 19.7. The van der Waals surface area contributed by atoms with Crippen LogP contribution in [0.1, 0.15) is 26.7 Å². The van der Waals surface area contributed by atoms with Crippen molar-refractivity contribution in [3.8, 4) is 0 Å². The van der Waals surface area contributed by atoms with Gasteiger partial charge in [-0.05, 0) is 13.3 Å². The fourth-order valence-electron chi connectivity index (χ4n) is 1.11. The van der Waals surface area contributed by atoms with Crippen LogP contribution in [-0.4, -0.2) is 27.7 Å². The number of unbranched alkanes of at least 4 members (excludes halogenated alkanes) is 1. The number of rotatable bonds is 6. The minimum Gasteiger partial charge on any atom is -0.355 e. The minimum atomic E-state index is -0.131. The lowest BCUT2D eigenvalue weighted by Crippen LogP contribution is -2.31. The Labute approximate surface area is 100 Å². The second-order valence-electron chi connectivity index (χ2n) is 3.45. The van der Waals surface area contributed by atoms with Gasteiger partial charge in [-0.15, -0.1) is 0 Å². The summed E-state index contributed by atoms with van der Waals surface area (Å²) in [5, 5.41) is 3.54. The maximum Gasteiger partial charge on any atom is 0.233 e. The number of hydrogen-bond donors (Lipinski definition) is 1. The predicted molar refractivity (Wildman–Crippen MR) is 65.3 cm³/mol. The van der Waals surface area contributed by atoms with Crippen LogP contribution in [0, 0.1) is 0 Å². The van der Waals surface area contributed by atoms with Crippen LogP contribution in [0.25, 0.3) is 0 Å². The largest absolute Gasteiger partial charge is 0.355 e. The molecule has 0 bridgehead atoms. The van der Waals surface area contributed by atoms with Gasteiger partial charge < -0.3 is 5.32 Å². The Morgan fingerprint density at radius 1 is 1.56 bits per heavy atom. The molecule has 0 aliphatic heterocycles. The van der Waals surface area contributed by atoms with Crippen molar-refractivity contribution in [1.29, 1.82) is 0 Å².